The second kappa shape index (κ2) is 5.43. The summed E-state index contributed by atoms with van der Waals surface area (Å²) in [6, 6.07) is 7.02. The van der Waals surface area contributed by atoms with E-state index in [-0.39, 0.29) is 17.5 Å². The maximum absolute atomic E-state index is 11.7. The molecule has 1 fully saturated rings. The molecule has 0 aromatic heterocycles. The molecule has 2 atom stereocenters. The molecule has 1 aliphatic rings. The van der Waals surface area contributed by atoms with Crippen LogP contribution >= 0.6 is 0 Å². The molecule has 6 heteroatoms. The summed E-state index contributed by atoms with van der Waals surface area (Å²) in [6.07, 6.45) is -0.663. The fourth-order valence-electron chi connectivity index (χ4n) is 2.57. The van der Waals surface area contributed by atoms with Crippen molar-refractivity contribution in [1.82, 2.24) is 0 Å². The third kappa shape index (κ3) is 2.94. The van der Waals surface area contributed by atoms with Gasteiger partial charge in [0.2, 0.25) is 0 Å². The monoisotopic (exact) mass is 294 g/mol. The Morgan fingerprint density at radius 1 is 1.50 bits per heavy atom. The molecule has 1 aromatic rings. The largest absolute Gasteiger partial charge is 0.389 e. The summed E-state index contributed by atoms with van der Waals surface area (Å²) in [5.74, 6) is 0.205. The molecule has 0 aliphatic carbocycles. The minimum Gasteiger partial charge on any atom is -0.389 e. The van der Waals surface area contributed by atoms with Gasteiger partial charge in [-0.15, -0.1) is 0 Å². The smallest absolute Gasteiger partial charge is 0.154 e. The predicted octanol–water partition coefficient (Wildman–Crippen LogP) is 1.23. The van der Waals surface area contributed by atoms with Gasteiger partial charge in [0.05, 0.1) is 29.2 Å². The van der Waals surface area contributed by atoms with Crippen LogP contribution in [0, 0.1) is 11.3 Å². The van der Waals surface area contributed by atoms with Gasteiger partial charge in [-0.1, -0.05) is 6.07 Å². The van der Waals surface area contributed by atoms with Crippen molar-refractivity contribution >= 4 is 15.5 Å². The van der Waals surface area contributed by atoms with E-state index >= 15 is 0 Å². The number of anilines is 1. The lowest BCUT2D eigenvalue weighted by Crippen LogP contribution is -2.47. The van der Waals surface area contributed by atoms with Gasteiger partial charge >= 0.3 is 0 Å². The Balaban J connectivity index is 2.44. The Morgan fingerprint density at radius 3 is 2.75 bits per heavy atom. The van der Waals surface area contributed by atoms with Gasteiger partial charge in [0.1, 0.15) is 0 Å². The van der Waals surface area contributed by atoms with Gasteiger partial charge in [-0.2, -0.15) is 5.26 Å². The van der Waals surface area contributed by atoms with Crippen LogP contribution in [0.15, 0.2) is 18.2 Å². The summed E-state index contributed by atoms with van der Waals surface area (Å²) in [6.45, 7) is 3.90. The average Bonchev–Trinajstić information content (AvgIpc) is 2.36. The van der Waals surface area contributed by atoms with Gasteiger partial charge < -0.3 is 10.0 Å². The molecule has 2 rings (SSSR count). The third-order valence-corrected chi connectivity index (χ3v) is 5.38. The highest BCUT2D eigenvalue weighted by molar-refractivity contribution is 7.91. The van der Waals surface area contributed by atoms with Crippen LogP contribution in [0.3, 0.4) is 0 Å². The van der Waals surface area contributed by atoms with Crippen molar-refractivity contribution in [3.05, 3.63) is 29.3 Å². The van der Waals surface area contributed by atoms with Gasteiger partial charge in [0, 0.05) is 23.8 Å². The molecule has 1 N–H and O–H groups in total. The van der Waals surface area contributed by atoms with Crippen molar-refractivity contribution in [1.29, 1.82) is 5.26 Å². The molecule has 20 heavy (non-hydrogen) atoms. The SMILES string of the molecule is CC(O)c1ccc(C#N)cc1N1CCS(=O)(=O)CC1C. The molecule has 0 bridgehead atoms. The van der Waals surface area contributed by atoms with E-state index in [2.05, 4.69) is 6.07 Å². The zero-order chi connectivity index (χ0) is 14.9. The van der Waals surface area contributed by atoms with Gasteiger partial charge in [-0.25, -0.2) is 8.42 Å². The minimum absolute atomic E-state index is 0.100. The quantitative estimate of drug-likeness (QED) is 0.887. The van der Waals surface area contributed by atoms with Crippen LogP contribution in [0.1, 0.15) is 31.1 Å². The van der Waals surface area contributed by atoms with E-state index < -0.39 is 15.9 Å². The standard InChI is InChI=1S/C14H18N2O3S/c1-10-9-20(18,19)6-5-16(10)14-7-12(8-15)3-4-13(14)11(2)17/h3-4,7,10-11,17H,5-6,9H2,1-2H3. The summed E-state index contributed by atoms with van der Waals surface area (Å²) in [5, 5.41) is 18.9. The van der Waals surface area contributed by atoms with E-state index in [0.717, 1.165) is 11.3 Å². The first-order valence-corrected chi connectivity index (χ1v) is 8.35. The van der Waals surface area contributed by atoms with Crippen LogP contribution in [0.25, 0.3) is 0 Å². The van der Waals surface area contributed by atoms with Crippen molar-refractivity contribution in [2.75, 3.05) is 23.0 Å². The minimum atomic E-state index is -2.99. The summed E-state index contributed by atoms with van der Waals surface area (Å²) in [5.41, 5.74) is 1.97. The van der Waals surface area contributed by atoms with Crippen LogP contribution in [0.2, 0.25) is 0 Å². The average molecular weight is 294 g/mol. The second-order valence-corrected chi connectivity index (χ2v) is 7.45. The number of rotatable bonds is 2. The number of aliphatic hydroxyl groups excluding tert-OH is 1. The number of nitriles is 1. The highest BCUT2D eigenvalue weighted by atomic mass is 32.2. The Labute approximate surface area is 119 Å². The molecule has 0 radical (unpaired) electrons. The van der Waals surface area contributed by atoms with Crippen LogP contribution in [0.5, 0.6) is 0 Å². The maximum Gasteiger partial charge on any atom is 0.154 e. The highest BCUT2D eigenvalue weighted by Gasteiger charge is 2.30. The van der Waals surface area contributed by atoms with Crippen molar-refractivity contribution in [3.63, 3.8) is 0 Å². The number of hydrogen-bond donors (Lipinski definition) is 1. The van der Waals surface area contributed by atoms with E-state index in [1.165, 1.54) is 0 Å². The maximum atomic E-state index is 11.7. The van der Waals surface area contributed by atoms with E-state index in [1.54, 1.807) is 25.1 Å². The number of hydrogen-bond acceptors (Lipinski definition) is 5. The summed E-state index contributed by atoms with van der Waals surface area (Å²) >= 11 is 0. The van der Waals surface area contributed by atoms with Crippen molar-refractivity contribution in [2.24, 2.45) is 0 Å². The Kier molecular flexibility index (Phi) is 4.02. The molecule has 108 valence electrons. The molecule has 0 saturated carbocycles. The van der Waals surface area contributed by atoms with Crippen LogP contribution in [0.4, 0.5) is 5.69 Å². The molecule has 1 saturated heterocycles. The Hall–Kier alpha value is -1.58. The zero-order valence-electron chi connectivity index (χ0n) is 11.6. The summed E-state index contributed by atoms with van der Waals surface area (Å²) in [4.78, 5) is 1.96. The molecular weight excluding hydrogens is 276 g/mol. The molecule has 5 nitrogen and oxygen atoms in total. The van der Waals surface area contributed by atoms with Gasteiger partial charge in [-0.3, -0.25) is 0 Å². The molecule has 0 amide bonds. The molecule has 0 spiro atoms. The molecule has 1 aromatic carbocycles. The van der Waals surface area contributed by atoms with E-state index in [0.29, 0.717) is 12.1 Å². The zero-order valence-corrected chi connectivity index (χ0v) is 12.4. The number of nitrogens with zero attached hydrogens (tertiary/aromatic N) is 2. The van der Waals surface area contributed by atoms with Gasteiger partial charge in [0.15, 0.2) is 9.84 Å². The summed E-state index contributed by atoms with van der Waals surface area (Å²) in [7, 11) is -2.99. The van der Waals surface area contributed by atoms with Crippen LogP contribution in [-0.2, 0) is 9.84 Å². The number of aliphatic hydroxyl groups is 1. The normalized spacial score (nSPS) is 23.1. The van der Waals surface area contributed by atoms with Crippen molar-refractivity contribution in [3.8, 4) is 6.07 Å². The van der Waals surface area contributed by atoms with E-state index in [4.69, 9.17) is 5.26 Å². The summed E-state index contributed by atoms with van der Waals surface area (Å²) < 4.78 is 23.3. The molecular formula is C14H18N2O3S. The first-order chi connectivity index (χ1) is 9.34. The van der Waals surface area contributed by atoms with Crippen molar-refractivity contribution < 1.29 is 13.5 Å². The molecule has 1 aliphatic heterocycles. The highest BCUT2D eigenvalue weighted by Crippen LogP contribution is 2.30. The number of benzene rings is 1. The topological polar surface area (TPSA) is 81.4 Å². The fourth-order valence-corrected chi connectivity index (χ4v) is 4.13. The lowest BCUT2D eigenvalue weighted by atomic mass is 10.0. The first-order valence-electron chi connectivity index (χ1n) is 6.53. The lowest BCUT2D eigenvalue weighted by Gasteiger charge is -2.36. The fraction of sp³-hybridized carbons (Fsp3) is 0.500. The Bertz CT molecular complexity index is 647. The van der Waals surface area contributed by atoms with E-state index in [1.807, 2.05) is 11.8 Å². The van der Waals surface area contributed by atoms with Crippen LogP contribution < -0.4 is 4.90 Å². The third-order valence-electron chi connectivity index (χ3n) is 3.59. The van der Waals surface area contributed by atoms with Gasteiger partial charge in [0.25, 0.3) is 0 Å². The second-order valence-electron chi connectivity index (χ2n) is 5.22. The predicted molar refractivity (Wildman–Crippen MR) is 77.3 cm³/mol. The van der Waals surface area contributed by atoms with E-state index in [9.17, 15) is 13.5 Å². The van der Waals surface area contributed by atoms with Crippen molar-refractivity contribution in [2.45, 2.75) is 26.0 Å². The molecule has 2 unspecified atom stereocenters. The lowest BCUT2D eigenvalue weighted by molar-refractivity contribution is 0.199. The molecule has 1 heterocycles. The first kappa shape index (κ1) is 14.8. The Morgan fingerprint density at radius 2 is 2.20 bits per heavy atom. The van der Waals surface area contributed by atoms with Gasteiger partial charge in [-0.05, 0) is 26.0 Å². The van der Waals surface area contributed by atoms with Crippen LogP contribution in [-0.4, -0.2) is 37.6 Å². The number of sulfone groups is 1.